The molecule has 0 heterocycles. The van der Waals surface area contributed by atoms with Crippen molar-refractivity contribution in [2.45, 2.75) is 71.1 Å². The summed E-state index contributed by atoms with van der Waals surface area (Å²) in [4.78, 5) is 12.9. The highest BCUT2D eigenvalue weighted by atomic mass is 19.2. The number of benzene rings is 1. The molecule has 30 heavy (non-hydrogen) atoms. The number of esters is 1. The Labute approximate surface area is 179 Å². The zero-order valence-corrected chi connectivity index (χ0v) is 18.0. The van der Waals surface area contributed by atoms with Crippen LogP contribution in [0.25, 0.3) is 0 Å². The summed E-state index contributed by atoms with van der Waals surface area (Å²) in [6.45, 7) is 5.46. The fourth-order valence-corrected chi connectivity index (χ4v) is 6.46. The number of fused-ring (bicyclic) bond motifs is 1. The monoisotopic (exact) mass is 416 g/mol. The maximum atomic E-state index is 14.2. The van der Waals surface area contributed by atoms with Crippen LogP contribution in [0.2, 0.25) is 0 Å². The van der Waals surface area contributed by atoms with Crippen LogP contribution < -0.4 is 4.74 Å². The molecule has 2 nitrogen and oxygen atoms in total. The molecule has 4 heteroatoms. The minimum Gasteiger partial charge on any atom is -0.423 e. The fourth-order valence-electron chi connectivity index (χ4n) is 6.46. The van der Waals surface area contributed by atoms with Crippen LogP contribution in [0.5, 0.6) is 5.75 Å². The molecule has 4 atom stereocenters. The van der Waals surface area contributed by atoms with Crippen LogP contribution in [0.15, 0.2) is 24.8 Å². The minimum absolute atomic E-state index is 0.190. The molecule has 4 rings (SSSR count). The Balaban J connectivity index is 1.38. The van der Waals surface area contributed by atoms with Crippen LogP contribution in [0.3, 0.4) is 0 Å². The number of halogens is 2. The van der Waals surface area contributed by atoms with Gasteiger partial charge in [0.15, 0.2) is 11.6 Å². The van der Waals surface area contributed by atoms with Gasteiger partial charge in [-0.25, -0.2) is 4.39 Å². The Morgan fingerprint density at radius 1 is 0.967 bits per heavy atom. The number of rotatable bonds is 4. The third-order valence-corrected chi connectivity index (χ3v) is 8.26. The first-order valence-electron chi connectivity index (χ1n) is 11.8. The number of allylic oxidation sites excluding steroid dienone is 1. The number of hydrogen-bond donors (Lipinski definition) is 0. The summed E-state index contributed by atoms with van der Waals surface area (Å²) in [5, 5.41) is 0. The van der Waals surface area contributed by atoms with Gasteiger partial charge < -0.3 is 4.74 Å². The predicted octanol–water partition coefficient (Wildman–Crippen LogP) is 7.00. The van der Waals surface area contributed by atoms with Crippen molar-refractivity contribution in [1.29, 1.82) is 0 Å². The Bertz CT molecular complexity index is 781. The van der Waals surface area contributed by atoms with Gasteiger partial charge in [0.25, 0.3) is 0 Å². The highest BCUT2D eigenvalue weighted by molar-refractivity contribution is 5.75. The van der Waals surface area contributed by atoms with Gasteiger partial charge in [-0.15, -0.1) is 6.58 Å². The van der Waals surface area contributed by atoms with Crippen LogP contribution >= 0.6 is 0 Å². The van der Waals surface area contributed by atoms with Gasteiger partial charge in [0, 0.05) is 0 Å². The molecule has 3 aliphatic rings. The second kappa shape index (κ2) is 9.20. The fraction of sp³-hybridized carbons (Fsp3) is 0.654. The molecule has 0 aliphatic heterocycles. The van der Waals surface area contributed by atoms with Crippen molar-refractivity contribution in [1.82, 2.24) is 0 Å². The normalized spacial score (nSPS) is 34.1. The molecule has 1 aromatic carbocycles. The lowest BCUT2D eigenvalue weighted by molar-refractivity contribution is -0.144. The van der Waals surface area contributed by atoms with Crippen LogP contribution in [0.1, 0.15) is 69.8 Å². The van der Waals surface area contributed by atoms with Gasteiger partial charge in [-0.3, -0.25) is 4.79 Å². The predicted molar refractivity (Wildman–Crippen MR) is 114 cm³/mol. The van der Waals surface area contributed by atoms with Gasteiger partial charge in [0.1, 0.15) is 0 Å². The third-order valence-electron chi connectivity index (χ3n) is 8.26. The topological polar surface area (TPSA) is 26.3 Å². The molecule has 0 N–H and O–H groups in total. The molecule has 164 valence electrons. The molecule has 0 radical (unpaired) electrons. The Morgan fingerprint density at radius 3 is 2.43 bits per heavy atom. The maximum Gasteiger partial charge on any atom is 0.314 e. The molecule has 0 amide bonds. The van der Waals surface area contributed by atoms with Crippen molar-refractivity contribution in [2.24, 2.45) is 35.5 Å². The third kappa shape index (κ3) is 4.33. The summed E-state index contributed by atoms with van der Waals surface area (Å²) in [7, 11) is 0. The Kier molecular flexibility index (Phi) is 6.60. The summed E-state index contributed by atoms with van der Waals surface area (Å²) < 4.78 is 33.4. The van der Waals surface area contributed by atoms with E-state index in [1.165, 1.54) is 64.0 Å². The zero-order valence-electron chi connectivity index (χ0n) is 18.0. The van der Waals surface area contributed by atoms with Crippen molar-refractivity contribution in [3.63, 3.8) is 0 Å². The van der Waals surface area contributed by atoms with Crippen LogP contribution in [-0.4, -0.2) is 5.97 Å². The summed E-state index contributed by atoms with van der Waals surface area (Å²) in [6.07, 6.45) is 13.7. The molecule has 0 bridgehead atoms. The summed E-state index contributed by atoms with van der Waals surface area (Å²) in [5.41, 5.74) is 0.213. The maximum absolute atomic E-state index is 14.2. The van der Waals surface area contributed by atoms with E-state index in [-0.39, 0.29) is 23.2 Å². The second-order valence-electron chi connectivity index (χ2n) is 9.87. The molecule has 3 aliphatic carbocycles. The van der Waals surface area contributed by atoms with E-state index in [1.807, 2.05) is 0 Å². The molecule has 4 unspecified atom stereocenters. The summed E-state index contributed by atoms with van der Waals surface area (Å²) in [6, 6.07) is 2.82. The van der Waals surface area contributed by atoms with Gasteiger partial charge in [-0.05, 0) is 99.5 Å². The lowest BCUT2D eigenvalue weighted by atomic mass is 9.59. The van der Waals surface area contributed by atoms with E-state index in [0.29, 0.717) is 17.8 Å². The smallest absolute Gasteiger partial charge is 0.314 e. The van der Waals surface area contributed by atoms with E-state index in [2.05, 4.69) is 12.7 Å². The van der Waals surface area contributed by atoms with Gasteiger partial charge in [0.05, 0.1) is 5.92 Å². The van der Waals surface area contributed by atoms with Crippen LogP contribution in [0, 0.1) is 54.1 Å². The molecule has 1 aromatic rings. The van der Waals surface area contributed by atoms with Crippen molar-refractivity contribution in [3.05, 3.63) is 42.0 Å². The number of carbonyl (C=O) groups is 1. The molecular formula is C26H34F2O2. The van der Waals surface area contributed by atoms with Crippen molar-refractivity contribution in [3.8, 4) is 5.75 Å². The summed E-state index contributed by atoms with van der Waals surface area (Å²) >= 11 is 0. The first kappa shape index (κ1) is 21.5. The summed E-state index contributed by atoms with van der Waals surface area (Å²) in [5.74, 6) is 0.327. The molecular weight excluding hydrogens is 382 g/mol. The average molecular weight is 417 g/mol. The largest absolute Gasteiger partial charge is 0.423 e. The van der Waals surface area contributed by atoms with Crippen molar-refractivity contribution >= 4 is 5.97 Å². The van der Waals surface area contributed by atoms with E-state index < -0.39 is 11.6 Å². The zero-order chi connectivity index (χ0) is 21.3. The van der Waals surface area contributed by atoms with Crippen LogP contribution in [-0.2, 0) is 4.79 Å². The van der Waals surface area contributed by atoms with Gasteiger partial charge >= 0.3 is 5.97 Å². The first-order valence-corrected chi connectivity index (χ1v) is 11.8. The standard InChI is InChI=1S/C26H34F2O2/c1-3-17-8-10-18(11-9-17)19-12-13-21-20(15-19)5-4-6-22(21)26(29)30-23-14-7-16(2)24(27)25(23)28/h3,7,14,17-22H,1,4-6,8-13,15H2,2H3. The number of carbonyl (C=O) groups excluding carboxylic acids is 1. The molecule has 3 fully saturated rings. The van der Waals surface area contributed by atoms with Gasteiger partial charge in [-0.2, -0.15) is 4.39 Å². The highest BCUT2D eigenvalue weighted by Crippen LogP contribution is 2.50. The lowest BCUT2D eigenvalue weighted by Crippen LogP contribution is -2.40. The quantitative estimate of drug-likeness (QED) is 0.300. The first-order chi connectivity index (χ1) is 14.5. The van der Waals surface area contributed by atoms with E-state index >= 15 is 0 Å². The number of ether oxygens (including phenoxy) is 1. The van der Waals surface area contributed by atoms with E-state index in [4.69, 9.17) is 4.74 Å². The Hall–Kier alpha value is -1.71. The number of hydrogen-bond acceptors (Lipinski definition) is 2. The average Bonchev–Trinajstić information content (AvgIpc) is 2.78. The van der Waals surface area contributed by atoms with E-state index in [0.717, 1.165) is 31.1 Å². The second-order valence-corrected chi connectivity index (χ2v) is 9.87. The molecule has 0 aromatic heterocycles. The van der Waals surface area contributed by atoms with E-state index in [9.17, 15) is 13.6 Å². The SMILES string of the molecule is C=CC1CCC(C2CCC3C(CCCC3C(=O)Oc3ccc(C)c(F)c3F)C2)CC1. The van der Waals surface area contributed by atoms with Crippen LogP contribution in [0.4, 0.5) is 8.78 Å². The van der Waals surface area contributed by atoms with Gasteiger partial charge in [0.2, 0.25) is 5.82 Å². The van der Waals surface area contributed by atoms with Crippen molar-refractivity contribution < 1.29 is 18.3 Å². The lowest BCUT2D eigenvalue weighted by Gasteiger charge is -2.45. The van der Waals surface area contributed by atoms with Gasteiger partial charge in [-0.1, -0.05) is 25.0 Å². The van der Waals surface area contributed by atoms with Crippen molar-refractivity contribution in [2.75, 3.05) is 0 Å². The molecule has 3 saturated carbocycles. The number of aryl methyl sites for hydroxylation is 1. The van der Waals surface area contributed by atoms with E-state index in [1.54, 1.807) is 0 Å². The molecule has 0 saturated heterocycles. The minimum atomic E-state index is -1.06. The molecule has 0 spiro atoms. The Morgan fingerprint density at radius 2 is 1.70 bits per heavy atom. The highest BCUT2D eigenvalue weighted by Gasteiger charge is 2.43.